The summed E-state index contributed by atoms with van der Waals surface area (Å²) in [5.74, 6) is 0.887. The molecule has 114 valence electrons. The van der Waals surface area contributed by atoms with E-state index >= 15 is 0 Å². The van der Waals surface area contributed by atoms with Gasteiger partial charge in [-0.15, -0.1) is 0 Å². The van der Waals surface area contributed by atoms with Crippen LogP contribution >= 0.6 is 11.6 Å². The molecule has 2 aliphatic rings. The Morgan fingerprint density at radius 2 is 1.90 bits per heavy atom. The Morgan fingerprint density at radius 1 is 1.19 bits per heavy atom. The summed E-state index contributed by atoms with van der Waals surface area (Å²) < 4.78 is 0. The van der Waals surface area contributed by atoms with Crippen molar-refractivity contribution >= 4 is 17.5 Å². The van der Waals surface area contributed by atoms with Gasteiger partial charge in [-0.3, -0.25) is 4.79 Å². The van der Waals surface area contributed by atoms with Gasteiger partial charge in [-0.2, -0.15) is 0 Å². The molecule has 2 fully saturated rings. The van der Waals surface area contributed by atoms with E-state index in [0.29, 0.717) is 5.92 Å². The van der Waals surface area contributed by atoms with Crippen LogP contribution in [0.3, 0.4) is 0 Å². The van der Waals surface area contributed by atoms with Gasteiger partial charge >= 0.3 is 0 Å². The minimum Gasteiger partial charge on any atom is -0.349 e. The Balaban J connectivity index is 1.75. The maximum Gasteiger partial charge on any atom is 0.224 e. The Morgan fingerprint density at radius 3 is 2.52 bits per heavy atom. The van der Waals surface area contributed by atoms with E-state index in [9.17, 15) is 4.79 Å². The summed E-state index contributed by atoms with van der Waals surface area (Å²) in [6.45, 7) is 1.76. The highest BCUT2D eigenvalue weighted by atomic mass is 35.5. The fraction of sp³-hybridized carbons (Fsp3) is 0.588. The van der Waals surface area contributed by atoms with Crippen LogP contribution in [0.15, 0.2) is 24.3 Å². The zero-order valence-corrected chi connectivity index (χ0v) is 13.0. The maximum atomic E-state index is 12.5. The van der Waals surface area contributed by atoms with Gasteiger partial charge in [0.2, 0.25) is 5.91 Å². The summed E-state index contributed by atoms with van der Waals surface area (Å²) in [5, 5.41) is 7.33. The van der Waals surface area contributed by atoms with Crippen LogP contribution in [0.25, 0.3) is 0 Å². The van der Waals surface area contributed by atoms with Crippen LogP contribution in [0, 0.1) is 11.8 Å². The van der Waals surface area contributed by atoms with Crippen LogP contribution in [0.4, 0.5) is 0 Å². The first-order valence-corrected chi connectivity index (χ1v) is 8.38. The summed E-state index contributed by atoms with van der Waals surface area (Å²) in [6.07, 6.45) is 5.90. The number of amides is 1. The lowest BCUT2D eigenvalue weighted by Crippen LogP contribution is -2.37. The molecular weight excluding hydrogens is 284 g/mol. The van der Waals surface area contributed by atoms with E-state index < -0.39 is 0 Å². The molecule has 0 aromatic heterocycles. The first-order chi connectivity index (χ1) is 10.2. The van der Waals surface area contributed by atoms with Gasteiger partial charge in [0.25, 0.3) is 0 Å². The smallest absolute Gasteiger partial charge is 0.224 e. The van der Waals surface area contributed by atoms with Gasteiger partial charge < -0.3 is 10.6 Å². The van der Waals surface area contributed by atoms with Crippen molar-refractivity contribution in [2.24, 2.45) is 11.8 Å². The van der Waals surface area contributed by atoms with Crippen molar-refractivity contribution in [1.29, 1.82) is 0 Å². The summed E-state index contributed by atoms with van der Waals surface area (Å²) in [7, 11) is 0. The molecule has 2 N–H and O–H groups in total. The second-order valence-electron chi connectivity index (χ2n) is 6.27. The highest BCUT2D eigenvalue weighted by molar-refractivity contribution is 6.30. The van der Waals surface area contributed by atoms with Crippen LogP contribution in [0.2, 0.25) is 5.02 Å². The van der Waals surface area contributed by atoms with Crippen LogP contribution in [-0.2, 0) is 4.79 Å². The SMILES string of the molecule is O=C(NC(c1ccc(Cl)cc1)C1CCCC1)C1CCNC1. The van der Waals surface area contributed by atoms with E-state index in [4.69, 9.17) is 11.6 Å². The van der Waals surface area contributed by atoms with Crippen molar-refractivity contribution in [3.63, 3.8) is 0 Å². The number of benzene rings is 1. The van der Waals surface area contributed by atoms with Crippen LogP contribution in [-0.4, -0.2) is 19.0 Å². The average molecular weight is 307 g/mol. The molecule has 3 nitrogen and oxygen atoms in total. The fourth-order valence-corrected chi connectivity index (χ4v) is 3.71. The zero-order chi connectivity index (χ0) is 14.7. The molecule has 1 aromatic carbocycles. The molecule has 1 aliphatic carbocycles. The Kier molecular flexibility index (Phi) is 4.81. The number of rotatable bonds is 4. The normalized spacial score (nSPS) is 24.1. The highest BCUT2D eigenvalue weighted by Crippen LogP contribution is 2.36. The van der Waals surface area contributed by atoms with Gasteiger partial charge in [0, 0.05) is 11.6 Å². The molecule has 0 bridgehead atoms. The van der Waals surface area contributed by atoms with Gasteiger partial charge in [0.05, 0.1) is 12.0 Å². The predicted octanol–water partition coefficient (Wildman–Crippen LogP) is 3.30. The van der Waals surface area contributed by atoms with E-state index in [1.165, 1.54) is 31.2 Å². The number of halogens is 1. The van der Waals surface area contributed by atoms with E-state index in [1.807, 2.05) is 12.1 Å². The monoisotopic (exact) mass is 306 g/mol. The molecule has 1 amide bonds. The highest BCUT2D eigenvalue weighted by Gasteiger charge is 2.30. The zero-order valence-electron chi connectivity index (χ0n) is 12.3. The predicted molar refractivity (Wildman–Crippen MR) is 85.3 cm³/mol. The molecule has 0 radical (unpaired) electrons. The lowest BCUT2D eigenvalue weighted by molar-refractivity contribution is -0.125. The summed E-state index contributed by atoms with van der Waals surface area (Å²) in [5.41, 5.74) is 1.19. The van der Waals surface area contributed by atoms with Crippen molar-refractivity contribution < 1.29 is 4.79 Å². The van der Waals surface area contributed by atoms with Crippen molar-refractivity contribution in [2.45, 2.75) is 38.1 Å². The molecule has 1 heterocycles. The lowest BCUT2D eigenvalue weighted by Gasteiger charge is -2.26. The Hall–Kier alpha value is -1.06. The second kappa shape index (κ2) is 6.80. The van der Waals surface area contributed by atoms with Crippen LogP contribution in [0.1, 0.15) is 43.7 Å². The number of nitrogens with one attached hydrogen (secondary N) is 2. The third-order valence-electron chi connectivity index (χ3n) is 4.83. The van der Waals surface area contributed by atoms with Crippen LogP contribution in [0.5, 0.6) is 0 Å². The summed E-state index contributed by atoms with van der Waals surface area (Å²) in [6, 6.07) is 8.08. The number of carbonyl (C=O) groups is 1. The standard InChI is InChI=1S/C17H23ClN2O/c18-15-7-5-13(6-8-15)16(12-3-1-2-4-12)20-17(21)14-9-10-19-11-14/h5-8,12,14,16,19H,1-4,9-11H2,(H,20,21). The van der Waals surface area contributed by atoms with Crippen molar-refractivity contribution in [2.75, 3.05) is 13.1 Å². The first kappa shape index (κ1) is 14.9. The van der Waals surface area contributed by atoms with Gasteiger partial charge in [-0.05, 0) is 49.4 Å². The Bertz CT molecular complexity index is 476. The van der Waals surface area contributed by atoms with Gasteiger partial charge in [0.15, 0.2) is 0 Å². The molecule has 21 heavy (non-hydrogen) atoms. The second-order valence-corrected chi connectivity index (χ2v) is 6.71. The largest absolute Gasteiger partial charge is 0.349 e. The third-order valence-corrected chi connectivity index (χ3v) is 5.08. The van der Waals surface area contributed by atoms with E-state index in [-0.39, 0.29) is 17.9 Å². The molecule has 1 saturated carbocycles. The van der Waals surface area contributed by atoms with Crippen molar-refractivity contribution in [3.05, 3.63) is 34.9 Å². The van der Waals surface area contributed by atoms with E-state index in [0.717, 1.165) is 24.5 Å². The quantitative estimate of drug-likeness (QED) is 0.896. The van der Waals surface area contributed by atoms with Crippen molar-refractivity contribution in [1.82, 2.24) is 10.6 Å². The molecule has 2 atom stereocenters. The topological polar surface area (TPSA) is 41.1 Å². The Labute approximate surface area is 131 Å². The van der Waals surface area contributed by atoms with Gasteiger partial charge in [0.1, 0.15) is 0 Å². The van der Waals surface area contributed by atoms with Gasteiger partial charge in [-0.1, -0.05) is 36.6 Å². The molecule has 4 heteroatoms. The minimum absolute atomic E-state index is 0.126. The lowest BCUT2D eigenvalue weighted by atomic mass is 9.91. The number of hydrogen-bond acceptors (Lipinski definition) is 2. The average Bonchev–Trinajstić information content (AvgIpc) is 3.19. The third kappa shape index (κ3) is 3.58. The van der Waals surface area contributed by atoms with E-state index in [2.05, 4.69) is 22.8 Å². The van der Waals surface area contributed by atoms with Crippen molar-refractivity contribution in [3.8, 4) is 0 Å². The first-order valence-electron chi connectivity index (χ1n) is 8.00. The number of hydrogen-bond donors (Lipinski definition) is 2. The molecule has 1 aliphatic heterocycles. The van der Waals surface area contributed by atoms with Crippen LogP contribution < -0.4 is 10.6 Å². The molecule has 3 rings (SSSR count). The van der Waals surface area contributed by atoms with Gasteiger partial charge in [-0.25, -0.2) is 0 Å². The number of carbonyl (C=O) groups excluding carboxylic acids is 1. The minimum atomic E-state index is 0.126. The molecule has 2 unspecified atom stereocenters. The summed E-state index contributed by atoms with van der Waals surface area (Å²) >= 11 is 5.99. The summed E-state index contributed by atoms with van der Waals surface area (Å²) in [4.78, 5) is 12.5. The fourth-order valence-electron chi connectivity index (χ4n) is 3.58. The van der Waals surface area contributed by atoms with E-state index in [1.54, 1.807) is 0 Å². The molecule has 1 aromatic rings. The molecular formula is C17H23ClN2O. The maximum absolute atomic E-state index is 12.5. The molecule has 1 saturated heterocycles. The molecule has 0 spiro atoms.